The highest BCUT2D eigenvalue weighted by Crippen LogP contribution is 2.17. The highest BCUT2D eigenvalue weighted by molar-refractivity contribution is 5.44. The van der Waals surface area contributed by atoms with Crippen LogP contribution in [0.4, 0.5) is 0 Å². The summed E-state index contributed by atoms with van der Waals surface area (Å²) in [5, 5.41) is 0. The normalized spacial score (nSPS) is 10.3. The second-order valence-electron chi connectivity index (χ2n) is 3.77. The van der Waals surface area contributed by atoms with Crippen LogP contribution < -0.4 is 0 Å². The van der Waals surface area contributed by atoms with Crippen LogP contribution in [0, 0.1) is 6.92 Å². The zero-order valence-corrected chi connectivity index (χ0v) is 10.3. The minimum Gasteiger partial charge on any atom is -0.304 e. The van der Waals surface area contributed by atoms with Crippen molar-refractivity contribution in [3.8, 4) is 0 Å². The number of pyridine rings is 1. The third-order valence-electron chi connectivity index (χ3n) is 2.27. The molecule has 0 N–H and O–H groups in total. The van der Waals surface area contributed by atoms with E-state index in [4.69, 9.17) is 0 Å². The van der Waals surface area contributed by atoms with Crippen molar-refractivity contribution in [2.24, 2.45) is 0 Å². The van der Waals surface area contributed by atoms with Crippen molar-refractivity contribution >= 4 is 5.65 Å². The average molecular weight is 204 g/mol. The second-order valence-corrected chi connectivity index (χ2v) is 3.77. The summed E-state index contributed by atoms with van der Waals surface area (Å²) in [6, 6.07) is 4.32. The zero-order chi connectivity index (χ0) is 11.4. The summed E-state index contributed by atoms with van der Waals surface area (Å²) < 4.78 is 2.15. The lowest BCUT2D eigenvalue weighted by Gasteiger charge is -2.09. The van der Waals surface area contributed by atoms with E-state index in [-0.39, 0.29) is 0 Å². The molecule has 0 aromatic carbocycles. The van der Waals surface area contributed by atoms with Gasteiger partial charge in [0.2, 0.25) is 0 Å². The zero-order valence-electron chi connectivity index (χ0n) is 10.3. The summed E-state index contributed by atoms with van der Waals surface area (Å²) in [4.78, 5) is 4.29. The standard InChI is InChI=1S/C11H14N2.C2H6/c1-8(2)10-6-9(3)7-11-12-4-5-13(10)11;1-2/h4-8H,1-3H3;1-2H3. The summed E-state index contributed by atoms with van der Waals surface area (Å²) in [5.41, 5.74) is 3.65. The highest BCUT2D eigenvalue weighted by atomic mass is 15.0. The molecule has 2 aromatic rings. The molecule has 0 spiro atoms. The van der Waals surface area contributed by atoms with E-state index in [1.54, 1.807) is 0 Å². The summed E-state index contributed by atoms with van der Waals surface area (Å²) >= 11 is 0. The van der Waals surface area contributed by atoms with Gasteiger partial charge >= 0.3 is 0 Å². The van der Waals surface area contributed by atoms with E-state index in [1.165, 1.54) is 11.3 Å². The van der Waals surface area contributed by atoms with Crippen LogP contribution in [0.3, 0.4) is 0 Å². The Balaban J connectivity index is 0.000000531. The van der Waals surface area contributed by atoms with Gasteiger partial charge in [0.1, 0.15) is 5.65 Å². The molecule has 15 heavy (non-hydrogen) atoms. The van der Waals surface area contributed by atoms with E-state index in [0.29, 0.717) is 5.92 Å². The quantitative estimate of drug-likeness (QED) is 0.690. The van der Waals surface area contributed by atoms with Crippen molar-refractivity contribution in [3.05, 3.63) is 35.8 Å². The summed E-state index contributed by atoms with van der Waals surface area (Å²) in [5.74, 6) is 0.539. The van der Waals surface area contributed by atoms with Crippen LogP contribution in [-0.2, 0) is 0 Å². The Morgan fingerprint density at radius 1 is 1.20 bits per heavy atom. The maximum Gasteiger partial charge on any atom is 0.137 e. The molecule has 0 amide bonds. The molecule has 0 saturated heterocycles. The maximum atomic E-state index is 4.29. The van der Waals surface area contributed by atoms with Crippen molar-refractivity contribution in [2.75, 3.05) is 0 Å². The molecule has 0 fully saturated rings. The fourth-order valence-electron chi connectivity index (χ4n) is 1.63. The van der Waals surface area contributed by atoms with Crippen LogP contribution in [0.15, 0.2) is 24.5 Å². The van der Waals surface area contributed by atoms with Gasteiger partial charge in [-0.1, -0.05) is 27.7 Å². The lowest BCUT2D eigenvalue weighted by Crippen LogP contribution is -1.98. The van der Waals surface area contributed by atoms with E-state index >= 15 is 0 Å². The number of aryl methyl sites for hydroxylation is 1. The molecule has 0 radical (unpaired) electrons. The predicted molar refractivity (Wildman–Crippen MR) is 65.4 cm³/mol. The Morgan fingerprint density at radius 2 is 1.87 bits per heavy atom. The van der Waals surface area contributed by atoms with Crippen molar-refractivity contribution in [3.63, 3.8) is 0 Å². The third-order valence-corrected chi connectivity index (χ3v) is 2.27. The molecule has 0 bridgehead atoms. The Labute approximate surface area is 92.0 Å². The monoisotopic (exact) mass is 204 g/mol. The fraction of sp³-hybridized carbons (Fsp3) is 0.462. The van der Waals surface area contributed by atoms with Gasteiger partial charge in [0, 0.05) is 18.1 Å². The van der Waals surface area contributed by atoms with Gasteiger partial charge in [-0.25, -0.2) is 4.98 Å². The van der Waals surface area contributed by atoms with E-state index in [2.05, 4.69) is 42.3 Å². The molecule has 0 unspecified atom stereocenters. The predicted octanol–water partition coefficient (Wildman–Crippen LogP) is 3.79. The number of hydrogen-bond acceptors (Lipinski definition) is 1. The first-order chi connectivity index (χ1) is 7.18. The minimum absolute atomic E-state index is 0.539. The van der Waals surface area contributed by atoms with E-state index in [1.807, 2.05) is 26.2 Å². The highest BCUT2D eigenvalue weighted by Gasteiger charge is 2.05. The van der Waals surface area contributed by atoms with Crippen LogP contribution in [0.5, 0.6) is 0 Å². The third kappa shape index (κ3) is 2.38. The van der Waals surface area contributed by atoms with Gasteiger partial charge in [-0.2, -0.15) is 0 Å². The number of aromatic nitrogens is 2. The lowest BCUT2D eigenvalue weighted by atomic mass is 10.1. The Bertz CT molecular complexity index is 427. The van der Waals surface area contributed by atoms with Crippen LogP contribution in [0.1, 0.15) is 44.9 Å². The molecule has 0 aliphatic rings. The fourth-order valence-corrected chi connectivity index (χ4v) is 1.63. The average Bonchev–Trinajstić information content (AvgIpc) is 2.67. The van der Waals surface area contributed by atoms with Gasteiger partial charge in [0.25, 0.3) is 0 Å². The van der Waals surface area contributed by atoms with E-state index < -0.39 is 0 Å². The molecular formula is C13H20N2. The minimum atomic E-state index is 0.539. The smallest absolute Gasteiger partial charge is 0.137 e. The topological polar surface area (TPSA) is 17.3 Å². The van der Waals surface area contributed by atoms with Gasteiger partial charge in [0.05, 0.1) is 0 Å². The molecular weight excluding hydrogens is 184 g/mol. The molecule has 2 rings (SSSR count). The molecule has 2 aromatic heterocycles. The van der Waals surface area contributed by atoms with Crippen molar-refractivity contribution in [1.82, 2.24) is 9.38 Å². The molecule has 0 atom stereocenters. The number of rotatable bonds is 1. The molecule has 0 aliphatic heterocycles. The number of fused-ring (bicyclic) bond motifs is 1. The van der Waals surface area contributed by atoms with Gasteiger partial charge in [0.15, 0.2) is 0 Å². The van der Waals surface area contributed by atoms with Crippen molar-refractivity contribution in [1.29, 1.82) is 0 Å². The largest absolute Gasteiger partial charge is 0.304 e. The van der Waals surface area contributed by atoms with Crippen molar-refractivity contribution < 1.29 is 0 Å². The Kier molecular flexibility index (Phi) is 3.89. The molecule has 0 saturated carbocycles. The Morgan fingerprint density at radius 3 is 2.47 bits per heavy atom. The molecule has 2 heteroatoms. The Hall–Kier alpha value is -1.31. The second kappa shape index (κ2) is 4.96. The number of nitrogens with zero attached hydrogens (tertiary/aromatic N) is 2. The van der Waals surface area contributed by atoms with Crippen LogP contribution >= 0.6 is 0 Å². The first kappa shape index (κ1) is 11.8. The van der Waals surface area contributed by atoms with Gasteiger partial charge in [-0.3, -0.25) is 0 Å². The summed E-state index contributed by atoms with van der Waals surface area (Å²) in [6.45, 7) is 10.5. The molecule has 2 nitrogen and oxygen atoms in total. The summed E-state index contributed by atoms with van der Waals surface area (Å²) in [6.07, 6.45) is 3.87. The van der Waals surface area contributed by atoms with Crippen LogP contribution in [0.25, 0.3) is 5.65 Å². The number of imidazole rings is 1. The van der Waals surface area contributed by atoms with Crippen LogP contribution in [0.2, 0.25) is 0 Å². The van der Waals surface area contributed by atoms with Gasteiger partial charge in [-0.15, -0.1) is 0 Å². The molecule has 82 valence electrons. The lowest BCUT2D eigenvalue weighted by molar-refractivity contribution is 0.799. The van der Waals surface area contributed by atoms with Gasteiger partial charge < -0.3 is 4.40 Å². The first-order valence-electron chi connectivity index (χ1n) is 5.62. The molecule has 2 heterocycles. The summed E-state index contributed by atoms with van der Waals surface area (Å²) in [7, 11) is 0. The van der Waals surface area contributed by atoms with Gasteiger partial charge in [-0.05, 0) is 30.5 Å². The maximum absolute atomic E-state index is 4.29. The molecule has 0 aliphatic carbocycles. The number of hydrogen-bond donors (Lipinski definition) is 0. The van der Waals surface area contributed by atoms with E-state index in [0.717, 1.165) is 5.65 Å². The van der Waals surface area contributed by atoms with Crippen LogP contribution in [-0.4, -0.2) is 9.38 Å². The van der Waals surface area contributed by atoms with Crippen molar-refractivity contribution in [2.45, 2.75) is 40.5 Å². The first-order valence-corrected chi connectivity index (χ1v) is 5.62. The SMILES string of the molecule is CC.Cc1cc(C(C)C)n2ccnc2c1. The van der Waals surface area contributed by atoms with E-state index in [9.17, 15) is 0 Å².